The summed E-state index contributed by atoms with van der Waals surface area (Å²) in [5.41, 5.74) is -1.61. The maximum Gasteiger partial charge on any atom is 0.248 e. The molecule has 2 amide bonds. The van der Waals surface area contributed by atoms with Gasteiger partial charge in [0.25, 0.3) is 0 Å². The molecule has 1 N–H and O–H groups in total. The summed E-state index contributed by atoms with van der Waals surface area (Å²) in [4.78, 5) is 28.3. The van der Waals surface area contributed by atoms with E-state index in [0.29, 0.717) is 19.4 Å². The summed E-state index contributed by atoms with van der Waals surface area (Å²) in [5.74, 6) is -0.0733. The Hall–Kier alpha value is -0.880. The Morgan fingerprint density at radius 3 is 2.38 bits per heavy atom. The number of nitrogens with zero attached hydrogens (tertiary/aromatic N) is 1. The highest BCUT2D eigenvalue weighted by Gasteiger charge is 2.53. The Balaban J connectivity index is 2.46. The third-order valence-electron chi connectivity index (χ3n) is 4.31. The van der Waals surface area contributed by atoms with Crippen molar-refractivity contribution in [1.29, 1.82) is 0 Å². The number of halogens is 1. The van der Waals surface area contributed by atoms with Crippen LogP contribution in [-0.2, 0) is 16.1 Å². The molecule has 1 fully saturated rings. The lowest BCUT2D eigenvalue weighted by Crippen LogP contribution is -2.73. The van der Waals surface area contributed by atoms with E-state index in [9.17, 15) is 9.59 Å². The monoisotopic (exact) mass is 372 g/mol. The van der Waals surface area contributed by atoms with E-state index in [0.717, 1.165) is 9.35 Å². The predicted molar refractivity (Wildman–Crippen MR) is 88.1 cm³/mol. The number of amides is 2. The summed E-state index contributed by atoms with van der Waals surface area (Å²) >= 11 is 5.11. The summed E-state index contributed by atoms with van der Waals surface area (Å²) in [6.45, 7) is 7.92. The number of hydrogen-bond acceptors (Lipinski definition) is 3. The standard InChI is InChI=1S/C15H21BrN2O2S/c1-5-15(6-2)12(19)17-14(3,4)13(20)18(15)9-11-10(16)7-8-21-11/h7-8H,5-6,9H2,1-4H3,(H,17,19). The van der Waals surface area contributed by atoms with Crippen molar-refractivity contribution in [2.75, 3.05) is 0 Å². The van der Waals surface area contributed by atoms with E-state index in [1.165, 1.54) is 0 Å². The number of hydrogen-bond donors (Lipinski definition) is 1. The van der Waals surface area contributed by atoms with Crippen molar-refractivity contribution in [2.24, 2.45) is 0 Å². The van der Waals surface area contributed by atoms with Gasteiger partial charge in [-0.15, -0.1) is 11.3 Å². The number of nitrogens with one attached hydrogen (secondary N) is 1. The predicted octanol–water partition coefficient (Wildman–Crippen LogP) is 3.31. The zero-order valence-corrected chi connectivity index (χ0v) is 15.2. The first-order valence-electron chi connectivity index (χ1n) is 7.15. The van der Waals surface area contributed by atoms with Crippen LogP contribution in [0.4, 0.5) is 0 Å². The number of thiophene rings is 1. The van der Waals surface area contributed by atoms with Gasteiger partial charge in [-0.2, -0.15) is 0 Å². The Morgan fingerprint density at radius 2 is 1.90 bits per heavy atom. The molecule has 1 saturated heterocycles. The van der Waals surface area contributed by atoms with Crippen LogP contribution in [0.3, 0.4) is 0 Å². The molecule has 0 aromatic carbocycles. The Bertz CT molecular complexity index is 564. The SMILES string of the molecule is CCC1(CC)C(=O)NC(C)(C)C(=O)N1Cc1sccc1Br. The first kappa shape index (κ1) is 16.5. The fourth-order valence-corrected chi connectivity index (χ4v) is 4.33. The van der Waals surface area contributed by atoms with Gasteiger partial charge in [0.2, 0.25) is 11.8 Å². The molecule has 2 heterocycles. The van der Waals surface area contributed by atoms with Gasteiger partial charge in [0.1, 0.15) is 11.1 Å². The van der Waals surface area contributed by atoms with E-state index < -0.39 is 11.1 Å². The lowest BCUT2D eigenvalue weighted by Gasteiger charge is -2.50. The molecule has 6 heteroatoms. The second kappa shape index (κ2) is 5.72. The first-order valence-corrected chi connectivity index (χ1v) is 8.82. The van der Waals surface area contributed by atoms with Crippen LogP contribution < -0.4 is 5.32 Å². The molecular formula is C15H21BrN2O2S. The van der Waals surface area contributed by atoms with Gasteiger partial charge in [0.15, 0.2) is 0 Å². The van der Waals surface area contributed by atoms with Crippen LogP contribution in [0.1, 0.15) is 45.4 Å². The Kier molecular flexibility index (Phi) is 4.49. The molecule has 1 aliphatic rings. The number of carbonyl (C=O) groups excluding carboxylic acids is 2. The molecule has 0 saturated carbocycles. The minimum atomic E-state index is -0.853. The zero-order valence-electron chi connectivity index (χ0n) is 12.8. The molecule has 1 aromatic heterocycles. The van der Waals surface area contributed by atoms with Crippen LogP contribution in [0.15, 0.2) is 15.9 Å². The van der Waals surface area contributed by atoms with E-state index in [-0.39, 0.29) is 11.8 Å². The second-order valence-corrected chi connectivity index (χ2v) is 7.76. The van der Waals surface area contributed by atoms with Crippen molar-refractivity contribution in [1.82, 2.24) is 10.2 Å². The summed E-state index contributed by atoms with van der Waals surface area (Å²) in [5, 5.41) is 4.87. The van der Waals surface area contributed by atoms with Gasteiger partial charge >= 0.3 is 0 Å². The average molecular weight is 373 g/mol. The van der Waals surface area contributed by atoms with Crippen LogP contribution in [0.25, 0.3) is 0 Å². The molecule has 0 unspecified atom stereocenters. The second-order valence-electron chi connectivity index (χ2n) is 5.90. The van der Waals surface area contributed by atoms with E-state index in [1.807, 2.05) is 25.3 Å². The van der Waals surface area contributed by atoms with Gasteiger partial charge in [-0.1, -0.05) is 13.8 Å². The van der Waals surface area contributed by atoms with Crippen LogP contribution in [-0.4, -0.2) is 27.8 Å². The van der Waals surface area contributed by atoms with E-state index in [1.54, 1.807) is 30.1 Å². The van der Waals surface area contributed by atoms with Crippen molar-refractivity contribution in [3.05, 3.63) is 20.8 Å². The fraction of sp³-hybridized carbons (Fsp3) is 0.600. The van der Waals surface area contributed by atoms with E-state index in [4.69, 9.17) is 0 Å². The van der Waals surface area contributed by atoms with Crippen molar-refractivity contribution >= 4 is 39.1 Å². The zero-order chi connectivity index (χ0) is 15.8. The Morgan fingerprint density at radius 1 is 1.29 bits per heavy atom. The minimum Gasteiger partial charge on any atom is -0.340 e. The maximum absolute atomic E-state index is 12.9. The van der Waals surface area contributed by atoms with Crippen molar-refractivity contribution in [2.45, 2.75) is 58.2 Å². The van der Waals surface area contributed by atoms with Gasteiger partial charge in [-0.05, 0) is 54.1 Å². The quantitative estimate of drug-likeness (QED) is 0.881. The van der Waals surface area contributed by atoms with Crippen LogP contribution in [0, 0.1) is 0 Å². The van der Waals surface area contributed by atoms with Gasteiger partial charge in [0, 0.05) is 9.35 Å². The highest BCUT2D eigenvalue weighted by Crippen LogP contribution is 2.35. The van der Waals surface area contributed by atoms with Crippen LogP contribution in [0.2, 0.25) is 0 Å². The average Bonchev–Trinajstić information content (AvgIpc) is 2.82. The Labute approximate surface area is 138 Å². The molecule has 0 radical (unpaired) electrons. The molecule has 4 nitrogen and oxygen atoms in total. The van der Waals surface area contributed by atoms with Crippen LogP contribution >= 0.6 is 27.3 Å². The third-order valence-corrected chi connectivity index (χ3v) is 6.22. The lowest BCUT2D eigenvalue weighted by atomic mass is 9.82. The molecule has 21 heavy (non-hydrogen) atoms. The molecule has 1 aliphatic heterocycles. The fourth-order valence-electron chi connectivity index (χ4n) is 2.87. The molecule has 0 aliphatic carbocycles. The number of carbonyl (C=O) groups is 2. The molecule has 0 spiro atoms. The van der Waals surface area contributed by atoms with E-state index in [2.05, 4.69) is 21.2 Å². The number of rotatable bonds is 4. The molecule has 1 aromatic rings. The van der Waals surface area contributed by atoms with Crippen molar-refractivity contribution in [3.63, 3.8) is 0 Å². The summed E-state index contributed by atoms with van der Waals surface area (Å²) < 4.78 is 0.991. The highest BCUT2D eigenvalue weighted by molar-refractivity contribution is 9.10. The smallest absolute Gasteiger partial charge is 0.248 e. The minimum absolute atomic E-state index is 0.0221. The first-order chi connectivity index (χ1) is 9.78. The van der Waals surface area contributed by atoms with Gasteiger partial charge in [0.05, 0.1) is 6.54 Å². The van der Waals surface area contributed by atoms with Gasteiger partial charge in [-0.25, -0.2) is 0 Å². The van der Waals surface area contributed by atoms with E-state index >= 15 is 0 Å². The topological polar surface area (TPSA) is 49.4 Å². The summed E-state index contributed by atoms with van der Waals surface area (Å²) in [7, 11) is 0. The highest BCUT2D eigenvalue weighted by atomic mass is 79.9. The van der Waals surface area contributed by atoms with Gasteiger partial charge in [-0.3, -0.25) is 9.59 Å². The molecular weight excluding hydrogens is 352 g/mol. The summed E-state index contributed by atoms with van der Waals surface area (Å²) in [6.07, 6.45) is 1.22. The molecule has 2 rings (SSSR count). The number of piperazine rings is 1. The summed E-state index contributed by atoms with van der Waals surface area (Å²) in [6, 6.07) is 1.97. The van der Waals surface area contributed by atoms with Crippen molar-refractivity contribution in [3.8, 4) is 0 Å². The third kappa shape index (κ3) is 2.63. The van der Waals surface area contributed by atoms with Gasteiger partial charge < -0.3 is 10.2 Å². The lowest BCUT2D eigenvalue weighted by molar-refractivity contribution is -0.163. The molecule has 116 valence electrons. The van der Waals surface area contributed by atoms with Crippen LogP contribution in [0.5, 0.6) is 0 Å². The molecule has 0 atom stereocenters. The molecule has 0 bridgehead atoms. The van der Waals surface area contributed by atoms with Crippen molar-refractivity contribution < 1.29 is 9.59 Å². The largest absolute Gasteiger partial charge is 0.340 e. The maximum atomic E-state index is 12.9. The normalized spacial score (nSPS) is 20.5.